The number of carbonyl (C=O) groups excluding carboxylic acids is 2. The molecule has 7 heteroatoms. The van der Waals surface area contributed by atoms with Crippen LogP contribution in [0.2, 0.25) is 0 Å². The van der Waals surface area contributed by atoms with Crippen molar-refractivity contribution in [1.82, 2.24) is 15.7 Å². The van der Waals surface area contributed by atoms with E-state index in [9.17, 15) is 9.59 Å². The van der Waals surface area contributed by atoms with Crippen LogP contribution in [0.25, 0.3) is 0 Å². The van der Waals surface area contributed by atoms with E-state index in [1.54, 1.807) is 48.8 Å². The first-order valence-corrected chi connectivity index (χ1v) is 7.42. The number of ether oxygens (including phenoxy) is 1. The number of hydrogen-bond donors (Lipinski definition) is 2. The van der Waals surface area contributed by atoms with E-state index in [-0.39, 0.29) is 12.5 Å². The van der Waals surface area contributed by atoms with Gasteiger partial charge in [0.2, 0.25) is 0 Å². The van der Waals surface area contributed by atoms with Gasteiger partial charge in [0.1, 0.15) is 5.75 Å². The molecular weight excluding hydrogens is 308 g/mol. The minimum atomic E-state index is -0.422. The molecule has 1 heterocycles. The van der Waals surface area contributed by atoms with Gasteiger partial charge < -0.3 is 10.1 Å². The van der Waals surface area contributed by atoms with Crippen LogP contribution in [-0.2, 0) is 4.79 Å². The number of carbonyl (C=O) groups is 2. The van der Waals surface area contributed by atoms with E-state index in [0.29, 0.717) is 17.9 Å². The zero-order valence-electron chi connectivity index (χ0n) is 13.2. The molecule has 1 aromatic carbocycles. The van der Waals surface area contributed by atoms with Gasteiger partial charge in [-0.25, -0.2) is 5.43 Å². The maximum Gasteiger partial charge on any atom is 0.259 e. The standard InChI is InChI=1S/C17H18N4O3/c1-2-24-15-7-5-14(6-8-15)17(23)19-12-16(22)21-20-11-13-4-3-9-18-10-13/h3-11H,2,12H2,1H3,(H,19,23)(H,21,22)/b20-11-. The van der Waals surface area contributed by atoms with Crippen molar-refractivity contribution < 1.29 is 14.3 Å². The van der Waals surface area contributed by atoms with Crippen molar-refractivity contribution in [2.24, 2.45) is 5.10 Å². The Labute approximate surface area is 139 Å². The number of amides is 2. The van der Waals surface area contributed by atoms with Crippen LogP contribution < -0.4 is 15.5 Å². The summed E-state index contributed by atoms with van der Waals surface area (Å²) in [6.07, 6.45) is 4.73. The summed E-state index contributed by atoms with van der Waals surface area (Å²) in [6, 6.07) is 10.3. The van der Waals surface area contributed by atoms with Crippen LogP contribution in [0, 0.1) is 0 Å². The molecule has 2 amide bonds. The Morgan fingerprint density at radius 1 is 1.25 bits per heavy atom. The van der Waals surface area contributed by atoms with Crippen LogP contribution in [0.3, 0.4) is 0 Å². The lowest BCUT2D eigenvalue weighted by molar-refractivity contribution is -0.120. The number of nitrogens with one attached hydrogen (secondary N) is 2. The number of pyridine rings is 1. The molecule has 0 bridgehead atoms. The van der Waals surface area contributed by atoms with Gasteiger partial charge in [-0.15, -0.1) is 0 Å². The highest BCUT2D eigenvalue weighted by Gasteiger charge is 2.07. The van der Waals surface area contributed by atoms with Crippen LogP contribution in [0.4, 0.5) is 0 Å². The molecule has 0 atom stereocenters. The summed E-state index contributed by atoms with van der Waals surface area (Å²) in [5.74, 6) is -0.0737. The molecule has 0 saturated heterocycles. The van der Waals surface area contributed by atoms with Gasteiger partial charge in [-0.1, -0.05) is 6.07 Å². The lowest BCUT2D eigenvalue weighted by atomic mass is 10.2. The van der Waals surface area contributed by atoms with E-state index in [0.717, 1.165) is 5.56 Å². The molecule has 0 aliphatic carbocycles. The van der Waals surface area contributed by atoms with Crippen molar-refractivity contribution in [1.29, 1.82) is 0 Å². The van der Waals surface area contributed by atoms with E-state index < -0.39 is 5.91 Å². The van der Waals surface area contributed by atoms with Gasteiger partial charge in [-0.3, -0.25) is 14.6 Å². The molecule has 0 aliphatic heterocycles. The average molecular weight is 326 g/mol. The number of rotatable bonds is 7. The quantitative estimate of drug-likeness (QED) is 0.593. The second kappa shape index (κ2) is 9.04. The molecule has 0 saturated carbocycles. The molecule has 2 N–H and O–H groups in total. The summed E-state index contributed by atoms with van der Waals surface area (Å²) in [5.41, 5.74) is 3.54. The Morgan fingerprint density at radius 3 is 2.71 bits per heavy atom. The fraction of sp³-hybridized carbons (Fsp3) is 0.176. The molecule has 0 unspecified atom stereocenters. The molecule has 2 aromatic rings. The SMILES string of the molecule is CCOc1ccc(C(=O)NCC(=O)N/N=C\c2cccnc2)cc1. The Bertz CT molecular complexity index is 700. The highest BCUT2D eigenvalue weighted by Crippen LogP contribution is 2.11. The first-order chi connectivity index (χ1) is 11.7. The number of nitrogens with zero attached hydrogens (tertiary/aromatic N) is 2. The van der Waals surface area contributed by atoms with Crippen LogP contribution >= 0.6 is 0 Å². The molecule has 124 valence electrons. The van der Waals surface area contributed by atoms with Gasteiger partial charge in [0.15, 0.2) is 0 Å². The minimum Gasteiger partial charge on any atom is -0.494 e. The van der Waals surface area contributed by atoms with Gasteiger partial charge >= 0.3 is 0 Å². The molecule has 0 radical (unpaired) electrons. The van der Waals surface area contributed by atoms with Crippen LogP contribution in [0.5, 0.6) is 5.75 Å². The summed E-state index contributed by atoms with van der Waals surface area (Å²) in [7, 11) is 0. The lowest BCUT2D eigenvalue weighted by Crippen LogP contribution is -2.34. The Hall–Kier alpha value is -3.22. The topological polar surface area (TPSA) is 92.7 Å². The lowest BCUT2D eigenvalue weighted by Gasteiger charge is -2.06. The Morgan fingerprint density at radius 2 is 2.04 bits per heavy atom. The van der Waals surface area contributed by atoms with Crippen molar-refractivity contribution in [2.45, 2.75) is 6.92 Å². The fourth-order valence-electron chi connectivity index (χ4n) is 1.80. The van der Waals surface area contributed by atoms with Gasteiger partial charge in [-0.2, -0.15) is 5.10 Å². The molecular formula is C17H18N4O3. The highest BCUT2D eigenvalue weighted by molar-refractivity contribution is 5.96. The van der Waals surface area contributed by atoms with Crippen LogP contribution in [0.15, 0.2) is 53.9 Å². The third-order valence-corrected chi connectivity index (χ3v) is 2.92. The highest BCUT2D eigenvalue weighted by atomic mass is 16.5. The van der Waals surface area contributed by atoms with Gasteiger partial charge in [0.05, 0.1) is 19.4 Å². The molecule has 24 heavy (non-hydrogen) atoms. The molecule has 2 rings (SSSR count). The molecule has 7 nitrogen and oxygen atoms in total. The monoisotopic (exact) mass is 326 g/mol. The van der Waals surface area contributed by atoms with E-state index in [1.807, 2.05) is 6.92 Å². The van der Waals surface area contributed by atoms with E-state index in [2.05, 4.69) is 20.8 Å². The number of aromatic nitrogens is 1. The minimum absolute atomic E-state index is 0.170. The number of hydrogen-bond acceptors (Lipinski definition) is 5. The summed E-state index contributed by atoms with van der Waals surface area (Å²) in [4.78, 5) is 27.5. The van der Waals surface area contributed by atoms with Crippen molar-refractivity contribution in [3.8, 4) is 5.75 Å². The summed E-state index contributed by atoms with van der Waals surface area (Å²) < 4.78 is 5.30. The third-order valence-electron chi connectivity index (χ3n) is 2.92. The van der Waals surface area contributed by atoms with Gasteiger partial charge in [0, 0.05) is 23.5 Å². The zero-order chi connectivity index (χ0) is 17.2. The maximum atomic E-state index is 11.9. The normalized spacial score (nSPS) is 10.4. The van der Waals surface area contributed by atoms with Crippen molar-refractivity contribution >= 4 is 18.0 Å². The van der Waals surface area contributed by atoms with Crippen LogP contribution in [-0.4, -0.2) is 36.2 Å². The first-order valence-electron chi connectivity index (χ1n) is 7.42. The van der Waals surface area contributed by atoms with Gasteiger partial charge in [0.25, 0.3) is 11.8 Å². The van der Waals surface area contributed by atoms with Crippen molar-refractivity contribution in [3.05, 3.63) is 59.9 Å². The molecule has 0 aliphatic rings. The van der Waals surface area contributed by atoms with Crippen molar-refractivity contribution in [3.63, 3.8) is 0 Å². The smallest absolute Gasteiger partial charge is 0.259 e. The predicted octanol–water partition coefficient (Wildman–Crippen LogP) is 1.36. The third kappa shape index (κ3) is 5.53. The van der Waals surface area contributed by atoms with Crippen molar-refractivity contribution in [2.75, 3.05) is 13.2 Å². The molecule has 0 fully saturated rings. The summed E-state index contributed by atoms with van der Waals surface area (Å²) in [6.45, 7) is 2.28. The molecule has 1 aromatic heterocycles. The molecule has 0 spiro atoms. The van der Waals surface area contributed by atoms with E-state index in [1.165, 1.54) is 6.21 Å². The zero-order valence-corrected chi connectivity index (χ0v) is 13.2. The van der Waals surface area contributed by atoms with E-state index >= 15 is 0 Å². The number of benzene rings is 1. The summed E-state index contributed by atoms with van der Waals surface area (Å²) in [5, 5.41) is 6.31. The fourth-order valence-corrected chi connectivity index (χ4v) is 1.80. The van der Waals surface area contributed by atoms with E-state index in [4.69, 9.17) is 4.74 Å². The second-order valence-corrected chi connectivity index (χ2v) is 4.72. The summed E-state index contributed by atoms with van der Waals surface area (Å²) >= 11 is 0. The Balaban J connectivity index is 1.76. The van der Waals surface area contributed by atoms with Crippen LogP contribution in [0.1, 0.15) is 22.8 Å². The predicted molar refractivity (Wildman–Crippen MR) is 89.9 cm³/mol. The second-order valence-electron chi connectivity index (χ2n) is 4.72. The number of hydrazone groups is 1. The largest absolute Gasteiger partial charge is 0.494 e. The average Bonchev–Trinajstić information content (AvgIpc) is 2.61. The Kier molecular flexibility index (Phi) is 6.46. The maximum absolute atomic E-state index is 11.9. The van der Waals surface area contributed by atoms with Gasteiger partial charge in [-0.05, 0) is 37.3 Å². The first kappa shape index (κ1) is 17.1.